The van der Waals surface area contributed by atoms with Crippen molar-refractivity contribution in [2.75, 3.05) is 16.9 Å². The molecular formula is C12H11Cl2NO3S. The number of nitrogens with zero attached hydrogens (tertiary/aromatic N) is 1. The molecule has 19 heavy (non-hydrogen) atoms. The van der Waals surface area contributed by atoms with Gasteiger partial charge in [0, 0.05) is 16.5 Å². The number of rotatable bonds is 4. The second kappa shape index (κ2) is 6.03. The lowest BCUT2D eigenvalue weighted by Crippen LogP contribution is -2.31. The highest BCUT2D eigenvalue weighted by atomic mass is 35.5. The van der Waals surface area contributed by atoms with Crippen molar-refractivity contribution in [2.45, 2.75) is 12.5 Å². The van der Waals surface area contributed by atoms with Crippen molar-refractivity contribution in [1.29, 1.82) is 0 Å². The number of benzene rings is 1. The SMILES string of the molecule is CSCCC1OC(=O)N(c2cc(Cl)cc(Cl)c2)C1=O. The molecule has 0 saturated carbocycles. The number of amides is 2. The lowest BCUT2D eigenvalue weighted by atomic mass is 10.2. The number of carbonyl (C=O) groups is 2. The van der Waals surface area contributed by atoms with Gasteiger partial charge in [-0.1, -0.05) is 23.2 Å². The highest BCUT2D eigenvalue weighted by Crippen LogP contribution is 2.30. The van der Waals surface area contributed by atoms with Crippen LogP contribution in [0.1, 0.15) is 6.42 Å². The Bertz CT molecular complexity index is 503. The third-order valence-electron chi connectivity index (χ3n) is 2.61. The van der Waals surface area contributed by atoms with E-state index >= 15 is 0 Å². The molecule has 0 bridgehead atoms. The van der Waals surface area contributed by atoms with Crippen LogP contribution in [0.2, 0.25) is 10.0 Å². The van der Waals surface area contributed by atoms with E-state index in [0.29, 0.717) is 22.2 Å². The summed E-state index contributed by atoms with van der Waals surface area (Å²) >= 11 is 13.3. The molecule has 1 saturated heterocycles. The van der Waals surface area contributed by atoms with E-state index in [2.05, 4.69) is 0 Å². The fraction of sp³-hybridized carbons (Fsp3) is 0.333. The van der Waals surface area contributed by atoms with Gasteiger partial charge in [-0.2, -0.15) is 11.8 Å². The third-order valence-corrected chi connectivity index (χ3v) is 3.69. The number of imide groups is 1. The largest absolute Gasteiger partial charge is 0.435 e. The molecule has 4 nitrogen and oxygen atoms in total. The van der Waals surface area contributed by atoms with Gasteiger partial charge in [-0.15, -0.1) is 0 Å². The Hall–Kier alpha value is -0.910. The number of halogens is 2. The van der Waals surface area contributed by atoms with Crippen LogP contribution in [-0.4, -0.2) is 30.1 Å². The van der Waals surface area contributed by atoms with Gasteiger partial charge in [0.2, 0.25) is 0 Å². The molecule has 2 rings (SSSR count). The molecule has 1 aliphatic heterocycles. The molecule has 1 aliphatic rings. The zero-order valence-electron chi connectivity index (χ0n) is 10.1. The van der Waals surface area contributed by atoms with E-state index in [1.165, 1.54) is 18.2 Å². The number of cyclic esters (lactones) is 1. The van der Waals surface area contributed by atoms with Gasteiger partial charge in [-0.05, 0) is 30.2 Å². The Morgan fingerprint density at radius 2 is 1.89 bits per heavy atom. The molecule has 2 amide bonds. The van der Waals surface area contributed by atoms with Crippen LogP contribution in [0.4, 0.5) is 10.5 Å². The first-order valence-corrected chi connectivity index (χ1v) is 7.67. The minimum atomic E-state index is -0.724. The van der Waals surface area contributed by atoms with Crippen LogP contribution in [0.25, 0.3) is 0 Å². The van der Waals surface area contributed by atoms with E-state index in [9.17, 15) is 9.59 Å². The Morgan fingerprint density at radius 1 is 1.26 bits per heavy atom. The van der Waals surface area contributed by atoms with Gasteiger partial charge in [0.1, 0.15) is 0 Å². The zero-order chi connectivity index (χ0) is 14.0. The summed E-state index contributed by atoms with van der Waals surface area (Å²) in [6.07, 6.45) is 1.01. The molecule has 0 aromatic heterocycles. The van der Waals surface area contributed by atoms with Gasteiger partial charge >= 0.3 is 6.09 Å². The normalized spacial score (nSPS) is 18.9. The molecule has 0 aliphatic carbocycles. The van der Waals surface area contributed by atoms with Gasteiger partial charge in [0.15, 0.2) is 6.10 Å². The van der Waals surface area contributed by atoms with Crippen molar-refractivity contribution in [2.24, 2.45) is 0 Å². The van der Waals surface area contributed by atoms with Crippen LogP contribution in [0, 0.1) is 0 Å². The summed E-state index contributed by atoms with van der Waals surface area (Å²) in [7, 11) is 0. The van der Waals surface area contributed by atoms with E-state index in [0.717, 1.165) is 10.7 Å². The maximum Gasteiger partial charge on any atom is 0.422 e. The molecule has 0 spiro atoms. The van der Waals surface area contributed by atoms with Gasteiger partial charge in [-0.3, -0.25) is 4.79 Å². The van der Waals surface area contributed by atoms with Crippen LogP contribution in [-0.2, 0) is 9.53 Å². The summed E-state index contributed by atoms with van der Waals surface area (Å²) in [4.78, 5) is 24.9. The molecule has 102 valence electrons. The molecule has 1 aromatic carbocycles. The standard InChI is InChI=1S/C12H11Cl2NO3S/c1-19-3-2-10-11(16)15(12(17)18-10)9-5-7(13)4-8(14)6-9/h4-6,10H,2-3H2,1H3. The fourth-order valence-corrected chi connectivity index (χ4v) is 2.73. The lowest BCUT2D eigenvalue weighted by molar-refractivity contribution is -0.121. The van der Waals surface area contributed by atoms with Gasteiger partial charge < -0.3 is 4.74 Å². The highest BCUT2D eigenvalue weighted by Gasteiger charge is 2.41. The molecule has 0 radical (unpaired) electrons. The van der Waals surface area contributed by atoms with Crippen LogP contribution < -0.4 is 4.90 Å². The third kappa shape index (κ3) is 3.16. The first-order chi connectivity index (χ1) is 9.02. The second-order valence-electron chi connectivity index (χ2n) is 3.96. The summed E-state index contributed by atoms with van der Waals surface area (Å²) in [6.45, 7) is 0. The molecule has 1 unspecified atom stereocenters. The minimum absolute atomic E-state index is 0.333. The highest BCUT2D eigenvalue weighted by molar-refractivity contribution is 7.98. The predicted octanol–water partition coefficient (Wildman–Crippen LogP) is 3.60. The molecule has 1 heterocycles. The predicted molar refractivity (Wildman–Crippen MR) is 77.2 cm³/mol. The van der Waals surface area contributed by atoms with Gasteiger partial charge in [0.05, 0.1) is 5.69 Å². The summed E-state index contributed by atoms with van der Waals surface area (Å²) in [5, 5.41) is 0.714. The molecule has 1 aromatic rings. The number of thioether (sulfide) groups is 1. The Morgan fingerprint density at radius 3 is 2.47 bits per heavy atom. The van der Waals surface area contributed by atoms with Gasteiger partial charge in [0.25, 0.3) is 5.91 Å². The minimum Gasteiger partial charge on any atom is -0.435 e. The van der Waals surface area contributed by atoms with E-state index in [-0.39, 0.29) is 5.91 Å². The first kappa shape index (κ1) is 14.5. The average molecular weight is 320 g/mol. The van der Waals surface area contributed by atoms with Crippen molar-refractivity contribution < 1.29 is 14.3 Å². The summed E-state index contributed by atoms with van der Waals surface area (Å²) in [5.41, 5.74) is 0.333. The monoisotopic (exact) mass is 319 g/mol. The summed E-state index contributed by atoms with van der Waals surface area (Å²) < 4.78 is 5.06. The maximum absolute atomic E-state index is 12.1. The Balaban J connectivity index is 2.24. The molecule has 1 atom stereocenters. The molecule has 0 N–H and O–H groups in total. The van der Waals surface area contributed by atoms with Crippen LogP contribution in [0.5, 0.6) is 0 Å². The Labute approximate surface area is 125 Å². The maximum atomic E-state index is 12.1. The summed E-state index contributed by atoms with van der Waals surface area (Å²) in [5.74, 6) is 0.366. The van der Waals surface area contributed by atoms with Crippen LogP contribution in [0.3, 0.4) is 0 Å². The van der Waals surface area contributed by atoms with Gasteiger partial charge in [-0.25, -0.2) is 9.69 Å². The zero-order valence-corrected chi connectivity index (χ0v) is 12.4. The van der Waals surface area contributed by atoms with Crippen molar-refractivity contribution in [3.8, 4) is 0 Å². The molecular weight excluding hydrogens is 309 g/mol. The lowest BCUT2D eigenvalue weighted by Gasteiger charge is -2.12. The number of ether oxygens (including phenoxy) is 1. The van der Waals surface area contributed by atoms with Crippen LogP contribution >= 0.6 is 35.0 Å². The van der Waals surface area contributed by atoms with Crippen molar-refractivity contribution >= 4 is 52.7 Å². The topological polar surface area (TPSA) is 46.6 Å². The van der Waals surface area contributed by atoms with E-state index < -0.39 is 12.2 Å². The fourth-order valence-electron chi connectivity index (χ4n) is 1.77. The van der Waals surface area contributed by atoms with Crippen molar-refractivity contribution in [3.63, 3.8) is 0 Å². The van der Waals surface area contributed by atoms with Crippen molar-refractivity contribution in [3.05, 3.63) is 28.2 Å². The quantitative estimate of drug-likeness (QED) is 0.850. The van der Waals surface area contributed by atoms with E-state index in [4.69, 9.17) is 27.9 Å². The number of hydrogen-bond donors (Lipinski definition) is 0. The molecule has 1 fully saturated rings. The van der Waals surface area contributed by atoms with E-state index in [1.54, 1.807) is 11.8 Å². The van der Waals surface area contributed by atoms with Crippen LogP contribution in [0.15, 0.2) is 18.2 Å². The second-order valence-corrected chi connectivity index (χ2v) is 5.81. The number of anilines is 1. The Kier molecular flexibility index (Phi) is 4.60. The number of carbonyl (C=O) groups excluding carboxylic acids is 2. The summed E-state index contributed by atoms with van der Waals surface area (Å²) in [6, 6.07) is 4.54. The van der Waals surface area contributed by atoms with E-state index in [1.807, 2.05) is 6.26 Å². The molecule has 7 heteroatoms. The first-order valence-electron chi connectivity index (χ1n) is 5.52. The smallest absolute Gasteiger partial charge is 0.422 e. The van der Waals surface area contributed by atoms with Crippen molar-refractivity contribution in [1.82, 2.24) is 0 Å². The number of hydrogen-bond acceptors (Lipinski definition) is 4. The average Bonchev–Trinajstić information content (AvgIpc) is 2.60.